The van der Waals surface area contributed by atoms with Gasteiger partial charge in [0.05, 0.1) is 12.2 Å². The molecule has 0 unspecified atom stereocenters. The molecule has 3 rings (SSSR count). The zero-order valence-corrected chi connectivity index (χ0v) is 10.4. The fourth-order valence-corrected chi connectivity index (χ4v) is 2.08. The van der Waals surface area contributed by atoms with E-state index in [-0.39, 0.29) is 11.9 Å². The smallest absolute Gasteiger partial charge is 0.257 e. The zero-order chi connectivity index (χ0) is 12.7. The number of carbonyl (C=O) groups is 1. The lowest BCUT2D eigenvalue weighted by Crippen LogP contribution is -2.56. The van der Waals surface area contributed by atoms with Gasteiger partial charge in [-0.25, -0.2) is 9.50 Å². The molecule has 0 atom stereocenters. The van der Waals surface area contributed by atoms with Gasteiger partial charge in [0.2, 0.25) is 0 Å². The van der Waals surface area contributed by atoms with E-state index in [1.807, 2.05) is 19.9 Å². The van der Waals surface area contributed by atoms with E-state index in [0.29, 0.717) is 11.2 Å². The summed E-state index contributed by atoms with van der Waals surface area (Å²) in [6, 6.07) is 2.16. The highest BCUT2D eigenvalue weighted by Gasteiger charge is 2.22. The molecule has 0 bridgehead atoms. The highest BCUT2D eigenvalue weighted by Crippen LogP contribution is 2.12. The largest absolute Gasteiger partial charge is 0.347 e. The van der Waals surface area contributed by atoms with Crippen LogP contribution in [0.4, 0.5) is 0 Å². The summed E-state index contributed by atoms with van der Waals surface area (Å²) in [6.07, 6.45) is 1.58. The molecule has 1 aliphatic heterocycles. The van der Waals surface area contributed by atoms with Gasteiger partial charge < -0.3 is 10.6 Å². The topological polar surface area (TPSA) is 71.3 Å². The molecule has 1 fully saturated rings. The van der Waals surface area contributed by atoms with E-state index in [0.717, 1.165) is 24.5 Å². The van der Waals surface area contributed by atoms with Gasteiger partial charge in [-0.15, -0.1) is 0 Å². The number of aryl methyl sites for hydroxylation is 2. The molecule has 1 saturated heterocycles. The number of hydrogen-bond acceptors (Lipinski definition) is 4. The molecule has 3 heterocycles. The Hall–Kier alpha value is -1.95. The number of hydrogen-bond donors (Lipinski definition) is 2. The molecule has 0 spiro atoms. The summed E-state index contributed by atoms with van der Waals surface area (Å²) in [6.45, 7) is 5.52. The average Bonchev–Trinajstić information content (AvgIpc) is 2.67. The minimum Gasteiger partial charge on any atom is -0.347 e. The molecular formula is C12H15N5O. The molecule has 6 nitrogen and oxygen atoms in total. The summed E-state index contributed by atoms with van der Waals surface area (Å²) in [5.74, 6) is -0.103. The van der Waals surface area contributed by atoms with Crippen molar-refractivity contribution in [2.75, 3.05) is 13.1 Å². The van der Waals surface area contributed by atoms with E-state index in [2.05, 4.69) is 20.7 Å². The molecule has 1 amide bonds. The Balaban J connectivity index is 1.98. The van der Waals surface area contributed by atoms with Gasteiger partial charge in [0.15, 0.2) is 5.65 Å². The normalized spacial score (nSPS) is 15.7. The molecule has 0 saturated carbocycles. The Bertz CT molecular complexity index is 614. The summed E-state index contributed by atoms with van der Waals surface area (Å²) >= 11 is 0. The fraction of sp³-hybridized carbons (Fsp3) is 0.417. The van der Waals surface area contributed by atoms with Crippen molar-refractivity contribution in [1.29, 1.82) is 0 Å². The number of fused-ring (bicyclic) bond motifs is 1. The summed E-state index contributed by atoms with van der Waals surface area (Å²) in [5.41, 5.74) is 3.02. The number of nitrogens with one attached hydrogen (secondary N) is 2. The van der Waals surface area contributed by atoms with Crippen LogP contribution in [0, 0.1) is 13.8 Å². The van der Waals surface area contributed by atoms with Crippen molar-refractivity contribution in [1.82, 2.24) is 25.2 Å². The van der Waals surface area contributed by atoms with E-state index in [1.54, 1.807) is 10.7 Å². The zero-order valence-electron chi connectivity index (χ0n) is 10.4. The molecule has 94 valence electrons. The molecule has 0 aromatic carbocycles. The van der Waals surface area contributed by atoms with Crippen LogP contribution in [0.25, 0.3) is 5.65 Å². The van der Waals surface area contributed by atoms with E-state index >= 15 is 0 Å². The van der Waals surface area contributed by atoms with E-state index in [1.165, 1.54) is 0 Å². The molecule has 0 radical (unpaired) electrons. The standard InChI is InChI=1S/C12H15N5O/c1-7-3-8(2)17-11(15-7)10(6-14-17)12(18)16-9-4-13-5-9/h3,6,9,13H,4-5H2,1-2H3,(H,16,18). The maximum absolute atomic E-state index is 12.1. The highest BCUT2D eigenvalue weighted by atomic mass is 16.1. The molecule has 0 aliphatic carbocycles. The summed E-state index contributed by atoms with van der Waals surface area (Å²) in [7, 11) is 0. The molecule has 18 heavy (non-hydrogen) atoms. The second-order valence-electron chi connectivity index (χ2n) is 4.66. The van der Waals surface area contributed by atoms with E-state index in [9.17, 15) is 4.79 Å². The Kier molecular flexibility index (Phi) is 2.52. The second-order valence-corrected chi connectivity index (χ2v) is 4.66. The molecule has 2 aromatic heterocycles. The predicted molar refractivity (Wildman–Crippen MR) is 66.6 cm³/mol. The number of aromatic nitrogens is 3. The third kappa shape index (κ3) is 1.74. The second kappa shape index (κ2) is 4.06. The van der Waals surface area contributed by atoms with Crippen molar-refractivity contribution in [3.8, 4) is 0 Å². The van der Waals surface area contributed by atoms with Crippen LogP contribution >= 0.6 is 0 Å². The van der Waals surface area contributed by atoms with Crippen LogP contribution in [0.1, 0.15) is 21.7 Å². The van der Waals surface area contributed by atoms with E-state index < -0.39 is 0 Å². The summed E-state index contributed by atoms with van der Waals surface area (Å²) < 4.78 is 1.70. The van der Waals surface area contributed by atoms with Crippen molar-refractivity contribution in [2.24, 2.45) is 0 Å². The number of nitrogens with zero attached hydrogens (tertiary/aromatic N) is 3. The van der Waals surface area contributed by atoms with Gasteiger partial charge in [0.25, 0.3) is 5.91 Å². The van der Waals surface area contributed by atoms with Crippen LogP contribution in [0.2, 0.25) is 0 Å². The van der Waals surface area contributed by atoms with Crippen LogP contribution in [0.3, 0.4) is 0 Å². The third-order valence-corrected chi connectivity index (χ3v) is 3.14. The van der Waals surface area contributed by atoms with Gasteiger partial charge in [-0.2, -0.15) is 5.10 Å². The van der Waals surface area contributed by atoms with Gasteiger partial charge in [0, 0.05) is 24.5 Å². The molecular weight excluding hydrogens is 230 g/mol. The maximum Gasteiger partial charge on any atom is 0.257 e. The highest BCUT2D eigenvalue weighted by molar-refractivity contribution is 5.99. The fourth-order valence-electron chi connectivity index (χ4n) is 2.08. The van der Waals surface area contributed by atoms with Gasteiger partial charge in [-0.3, -0.25) is 4.79 Å². The van der Waals surface area contributed by atoms with Crippen LogP contribution in [-0.4, -0.2) is 39.6 Å². The number of amides is 1. The lowest BCUT2D eigenvalue weighted by molar-refractivity contribution is 0.0925. The van der Waals surface area contributed by atoms with Gasteiger partial charge in [-0.05, 0) is 19.9 Å². The quantitative estimate of drug-likeness (QED) is 0.784. The first-order chi connectivity index (χ1) is 8.65. The number of rotatable bonds is 2. The Morgan fingerprint density at radius 2 is 2.28 bits per heavy atom. The maximum atomic E-state index is 12.1. The first kappa shape index (κ1) is 11.2. The van der Waals surface area contributed by atoms with Crippen molar-refractivity contribution < 1.29 is 4.79 Å². The van der Waals surface area contributed by atoms with Crippen LogP contribution < -0.4 is 10.6 Å². The lowest BCUT2D eigenvalue weighted by Gasteiger charge is -2.27. The van der Waals surface area contributed by atoms with Crippen molar-refractivity contribution in [2.45, 2.75) is 19.9 Å². The minimum atomic E-state index is -0.103. The van der Waals surface area contributed by atoms with Crippen molar-refractivity contribution in [3.05, 3.63) is 29.2 Å². The first-order valence-electron chi connectivity index (χ1n) is 5.99. The van der Waals surface area contributed by atoms with Crippen LogP contribution in [0.15, 0.2) is 12.3 Å². The van der Waals surface area contributed by atoms with E-state index in [4.69, 9.17) is 0 Å². The van der Waals surface area contributed by atoms with Crippen molar-refractivity contribution in [3.63, 3.8) is 0 Å². The number of carbonyl (C=O) groups excluding carboxylic acids is 1. The Morgan fingerprint density at radius 3 is 2.94 bits per heavy atom. The summed E-state index contributed by atoms with van der Waals surface area (Å²) in [5, 5.41) is 10.3. The summed E-state index contributed by atoms with van der Waals surface area (Å²) in [4.78, 5) is 16.5. The third-order valence-electron chi connectivity index (χ3n) is 3.14. The van der Waals surface area contributed by atoms with Crippen LogP contribution in [0.5, 0.6) is 0 Å². The SMILES string of the molecule is Cc1cc(C)n2ncc(C(=O)NC3CNC3)c2n1. The molecule has 1 aliphatic rings. The first-order valence-corrected chi connectivity index (χ1v) is 5.99. The molecule has 2 aromatic rings. The van der Waals surface area contributed by atoms with Crippen molar-refractivity contribution >= 4 is 11.6 Å². The monoisotopic (exact) mass is 245 g/mol. The Morgan fingerprint density at radius 1 is 1.50 bits per heavy atom. The average molecular weight is 245 g/mol. The minimum absolute atomic E-state index is 0.103. The van der Waals surface area contributed by atoms with Crippen LogP contribution in [-0.2, 0) is 0 Å². The lowest BCUT2D eigenvalue weighted by atomic mass is 10.1. The predicted octanol–water partition coefficient (Wildman–Crippen LogP) is 0.0477. The Labute approximate surface area is 104 Å². The molecule has 6 heteroatoms. The molecule has 2 N–H and O–H groups in total. The van der Waals surface area contributed by atoms with Gasteiger partial charge in [0.1, 0.15) is 5.56 Å². The van der Waals surface area contributed by atoms with Gasteiger partial charge in [-0.1, -0.05) is 0 Å². The van der Waals surface area contributed by atoms with Gasteiger partial charge >= 0.3 is 0 Å².